The molecule has 0 saturated heterocycles. The highest BCUT2D eigenvalue weighted by atomic mass is 16.5. The Morgan fingerprint density at radius 3 is 2.74 bits per heavy atom. The third-order valence-corrected chi connectivity index (χ3v) is 3.58. The molecule has 1 heterocycles. The van der Waals surface area contributed by atoms with E-state index in [4.69, 9.17) is 14.3 Å². The molecule has 1 unspecified atom stereocenters. The Morgan fingerprint density at radius 1 is 1.30 bits per heavy atom. The van der Waals surface area contributed by atoms with E-state index in [1.54, 1.807) is 6.07 Å². The average Bonchev–Trinajstić information content (AvgIpc) is 3.02. The van der Waals surface area contributed by atoms with Crippen LogP contribution in [0.4, 0.5) is 0 Å². The highest BCUT2D eigenvalue weighted by Crippen LogP contribution is 2.24. The van der Waals surface area contributed by atoms with Crippen LogP contribution in [0.5, 0.6) is 5.75 Å². The van der Waals surface area contributed by atoms with Gasteiger partial charge in [-0.25, -0.2) is 4.79 Å². The Bertz CT molecular complexity index is 699. The van der Waals surface area contributed by atoms with Gasteiger partial charge in [0.2, 0.25) is 5.76 Å². The van der Waals surface area contributed by atoms with Gasteiger partial charge in [0.1, 0.15) is 17.4 Å². The Labute approximate surface area is 135 Å². The lowest BCUT2D eigenvalue weighted by Gasteiger charge is -2.09. The number of hydrogen-bond acceptors (Lipinski definition) is 4. The molecule has 0 aliphatic rings. The van der Waals surface area contributed by atoms with Crippen molar-refractivity contribution in [2.75, 3.05) is 6.61 Å². The van der Waals surface area contributed by atoms with E-state index in [0.29, 0.717) is 18.8 Å². The van der Waals surface area contributed by atoms with E-state index in [2.05, 4.69) is 6.07 Å². The number of benzene rings is 1. The number of nitrogens with zero attached hydrogens (tertiary/aromatic N) is 1. The summed E-state index contributed by atoms with van der Waals surface area (Å²) in [6.45, 7) is 2.58. The lowest BCUT2D eigenvalue weighted by molar-refractivity contribution is 0.0660. The van der Waals surface area contributed by atoms with Gasteiger partial charge < -0.3 is 14.3 Å². The first-order valence-corrected chi connectivity index (χ1v) is 7.53. The standard InChI is InChI=1S/C18H19NO4/c1-13-6-2-3-8-15(13)22-11-5-4-7-14(12-19)16-9-10-17(23-16)18(20)21/h2-3,6,8-10,14H,4-5,7,11H2,1H3,(H,20,21). The van der Waals surface area contributed by atoms with Crippen LogP contribution in [0.3, 0.4) is 0 Å². The zero-order valence-electron chi connectivity index (χ0n) is 13.0. The number of aryl methyl sites for hydroxylation is 1. The second-order valence-electron chi connectivity index (χ2n) is 5.30. The molecule has 0 saturated carbocycles. The Morgan fingerprint density at radius 2 is 2.09 bits per heavy atom. The smallest absolute Gasteiger partial charge is 0.371 e. The van der Waals surface area contributed by atoms with Crippen molar-refractivity contribution in [3.63, 3.8) is 0 Å². The minimum absolute atomic E-state index is 0.136. The summed E-state index contributed by atoms with van der Waals surface area (Å²) >= 11 is 0. The number of rotatable bonds is 8. The monoisotopic (exact) mass is 313 g/mol. The molecule has 23 heavy (non-hydrogen) atoms. The van der Waals surface area contributed by atoms with Gasteiger partial charge in [0.15, 0.2) is 0 Å². The number of carboxylic acid groups (broad SMARTS) is 1. The molecule has 0 aliphatic heterocycles. The molecular weight excluding hydrogens is 294 g/mol. The minimum Gasteiger partial charge on any atom is -0.493 e. The number of aromatic carboxylic acids is 1. The van der Waals surface area contributed by atoms with Gasteiger partial charge in [-0.3, -0.25) is 0 Å². The number of furan rings is 1. The maximum Gasteiger partial charge on any atom is 0.371 e. The zero-order chi connectivity index (χ0) is 16.7. The zero-order valence-corrected chi connectivity index (χ0v) is 13.0. The third-order valence-electron chi connectivity index (χ3n) is 3.58. The summed E-state index contributed by atoms with van der Waals surface area (Å²) in [7, 11) is 0. The van der Waals surface area contributed by atoms with Gasteiger partial charge in [0.25, 0.3) is 0 Å². The first kappa shape index (κ1) is 16.6. The number of carboxylic acids is 1. The SMILES string of the molecule is Cc1ccccc1OCCCCC(C#N)c1ccc(C(=O)O)o1. The van der Waals surface area contributed by atoms with Crippen LogP contribution in [-0.2, 0) is 0 Å². The van der Waals surface area contributed by atoms with Crippen LogP contribution in [0.15, 0.2) is 40.8 Å². The molecular formula is C18H19NO4. The molecule has 0 amide bonds. The van der Waals surface area contributed by atoms with Crippen molar-refractivity contribution in [2.24, 2.45) is 0 Å². The molecule has 1 atom stereocenters. The number of hydrogen-bond donors (Lipinski definition) is 1. The van der Waals surface area contributed by atoms with Crippen molar-refractivity contribution in [3.05, 3.63) is 53.5 Å². The molecule has 1 aromatic carbocycles. The van der Waals surface area contributed by atoms with Crippen LogP contribution in [0, 0.1) is 18.3 Å². The van der Waals surface area contributed by atoms with E-state index < -0.39 is 11.9 Å². The second kappa shape index (κ2) is 8.04. The number of carbonyl (C=O) groups is 1. The fourth-order valence-corrected chi connectivity index (χ4v) is 2.28. The molecule has 1 N–H and O–H groups in total. The predicted octanol–water partition coefficient (Wildman–Crippen LogP) is 4.14. The molecule has 2 rings (SSSR count). The summed E-state index contributed by atoms with van der Waals surface area (Å²) in [4.78, 5) is 10.8. The highest BCUT2D eigenvalue weighted by Gasteiger charge is 2.17. The van der Waals surface area contributed by atoms with E-state index in [0.717, 1.165) is 24.2 Å². The fraction of sp³-hybridized carbons (Fsp3) is 0.333. The van der Waals surface area contributed by atoms with E-state index >= 15 is 0 Å². The first-order valence-electron chi connectivity index (χ1n) is 7.53. The van der Waals surface area contributed by atoms with Crippen LogP contribution in [-0.4, -0.2) is 17.7 Å². The molecule has 0 aliphatic carbocycles. The summed E-state index contributed by atoms with van der Waals surface area (Å²) in [6, 6.07) is 12.9. The average molecular weight is 313 g/mol. The van der Waals surface area contributed by atoms with Gasteiger partial charge in [-0.05, 0) is 49.9 Å². The van der Waals surface area contributed by atoms with Crippen molar-refractivity contribution in [3.8, 4) is 11.8 Å². The summed E-state index contributed by atoms with van der Waals surface area (Å²) in [6.07, 6.45) is 2.23. The van der Waals surface area contributed by atoms with E-state index in [9.17, 15) is 10.1 Å². The summed E-state index contributed by atoms with van der Waals surface area (Å²) < 4.78 is 10.9. The Hall–Kier alpha value is -2.74. The molecule has 0 fully saturated rings. The van der Waals surface area contributed by atoms with Crippen LogP contribution in [0.2, 0.25) is 0 Å². The number of para-hydroxylation sites is 1. The molecule has 5 heteroatoms. The maximum atomic E-state index is 10.8. The maximum absolute atomic E-state index is 10.8. The van der Waals surface area contributed by atoms with Crippen LogP contribution >= 0.6 is 0 Å². The topological polar surface area (TPSA) is 83.5 Å². The molecule has 0 spiro atoms. The normalized spacial score (nSPS) is 11.7. The summed E-state index contributed by atoms with van der Waals surface area (Å²) in [5.74, 6) is -0.407. The molecule has 5 nitrogen and oxygen atoms in total. The van der Waals surface area contributed by atoms with Crippen molar-refractivity contribution >= 4 is 5.97 Å². The Balaban J connectivity index is 1.77. The lowest BCUT2D eigenvalue weighted by atomic mass is 10.0. The van der Waals surface area contributed by atoms with Gasteiger partial charge in [-0.1, -0.05) is 18.2 Å². The van der Waals surface area contributed by atoms with E-state index in [1.807, 2.05) is 31.2 Å². The van der Waals surface area contributed by atoms with Crippen molar-refractivity contribution in [1.82, 2.24) is 0 Å². The van der Waals surface area contributed by atoms with E-state index in [-0.39, 0.29) is 5.76 Å². The predicted molar refractivity (Wildman–Crippen MR) is 84.5 cm³/mol. The van der Waals surface area contributed by atoms with Crippen LogP contribution in [0.25, 0.3) is 0 Å². The number of ether oxygens (including phenoxy) is 1. The van der Waals surface area contributed by atoms with Crippen LogP contribution < -0.4 is 4.74 Å². The van der Waals surface area contributed by atoms with Crippen molar-refractivity contribution in [1.29, 1.82) is 5.26 Å². The lowest BCUT2D eigenvalue weighted by Crippen LogP contribution is -2.01. The number of nitriles is 1. The third kappa shape index (κ3) is 4.62. The van der Waals surface area contributed by atoms with Crippen molar-refractivity contribution < 1.29 is 19.1 Å². The largest absolute Gasteiger partial charge is 0.493 e. The molecule has 1 aromatic heterocycles. The minimum atomic E-state index is -1.13. The molecule has 0 bridgehead atoms. The van der Waals surface area contributed by atoms with Gasteiger partial charge >= 0.3 is 5.97 Å². The fourth-order valence-electron chi connectivity index (χ4n) is 2.28. The highest BCUT2D eigenvalue weighted by molar-refractivity contribution is 5.84. The molecule has 0 radical (unpaired) electrons. The molecule has 2 aromatic rings. The van der Waals surface area contributed by atoms with Gasteiger partial charge in [0, 0.05) is 0 Å². The second-order valence-corrected chi connectivity index (χ2v) is 5.30. The van der Waals surface area contributed by atoms with Gasteiger partial charge in [0.05, 0.1) is 12.7 Å². The van der Waals surface area contributed by atoms with Gasteiger partial charge in [-0.15, -0.1) is 0 Å². The Kier molecular flexibility index (Phi) is 5.81. The van der Waals surface area contributed by atoms with Crippen LogP contribution in [0.1, 0.15) is 47.1 Å². The summed E-state index contributed by atoms with van der Waals surface area (Å²) in [5, 5.41) is 18.0. The van der Waals surface area contributed by atoms with E-state index in [1.165, 1.54) is 6.07 Å². The summed E-state index contributed by atoms with van der Waals surface area (Å²) in [5.41, 5.74) is 1.10. The first-order chi connectivity index (χ1) is 11.1. The van der Waals surface area contributed by atoms with Crippen molar-refractivity contribution in [2.45, 2.75) is 32.1 Å². The quantitative estimate of drug-likeness (QED) is 0.740. The molecule has 120 valence electrons. The number of unbranched alkanes of at least 4 members (excludes halogenated alkanes) is 1. The van der Waals surface area contributed by atoms with Gasteiger partial charge in [-0.2, -0.15) is 5.26 Å².